The van der Waals surface area contributed by atoms with Crippen molar-refractivity contribution < 1.29 is 36.7 Å². The predicted octanol–water partition coefficient (Wildman–Crippen LogP) is 3.93. The van der Waals surface area contributed by atoms with Crippen molar-refractivity contribution in [2.24, 2.45) is 0 Å². The van der Waals surface area contributed by atoms with Crippen molar-refractivity contribution in [3.63, 3.8) is 0 Å². The summed E-state index contributed by atoms with van der Waals surface area (Å²) in [7, 11) is -0.822. The van der Waals surface area contributed by atoms with Crippen LogP contribution in [0.3, 0.4) is 0 Å². The molecule has 0 radical (unpaired) electrons. The van der Waals surface area contributed by atoms with E-state index in [2.05, 4.69) is 4.74 Å². The molecule has 0 spiro atoms. The van der Waals surface area contributed by atoms with E-state index in [1.807, 2.05) is 27.7 Å². The topological polar surface area (TPSA) is 47.9 Å². The van der Waals surface area contributed by atoms with Gasteiger partial charge in [0.2, 0.25) is 0 Å². The van der Waals surface area contributed by atoms with Crippen LogP contribution in [-0.2, 0) is 9.31 Å². The Labute approximate surface area is 149 Å². The van der Waals surface area contributed by atoms with Gasteiger partial charge >= 0.3 is 19.7 Å². The van der Waals surface area contributed by atoms with Crippen LogP contribution in [0.5, 0.6) is 5.75 Å². The number of ether oxygens (including phenoxy) is 1. The predicted molar refractivity (Wildman–Crippen MR) is 89.2 cm³/mol. The number of aliphatic hydroxyl groups is 1. The smallest absolute Gasteiger partial charge is 0.428 e. The van der Waals surface area contributed by atoms with Crippen molar-refractivity contribution in [3.05, 3.63) is 35.3 Å². The Hall–Kier alpha value is -1.58. The molecule has 0 unspecified atom stereocenters. The molecule has 1 aliphatic heterocycles. The summed E-state index contributed by atoms with van der Waals surface area (Å²) in [5, 5.41) is 9.64. The first kappa shape index (κ1) is 20.7. The molecule has 2 rings (SSSR count). The molecule has 4 nitrogen and oxygen atoms in total. The van der Waals surface area contributed by atoms with Gasteiger partial charge < -0.3 is 19.2 Å². The summed E-state index contributed by atoms with van der Waals surface area (Å²) < 4.78 is 66.3. The van der Waals surface area contributed by atoms with Gasteiger partial charge in [-0.2, -0.15) is 17.6 Å². The van der Waals surface area contributed by atoms with E-state index in [1.165, 1.54) is 12.1 Å². The summed E-state index contributed by atoms with van der Waals surface area (Å²) in [6, 6.07) is 5.23. The fourth-order valence-electron chi connectivity index (χ4n) is 2.27. The molecule has 1 heterocycles. The van der Waals surface area contributed by atoms with Gasteiger partial charge in [-0.25, -0.2) is 0 Å². The molecule has 0 aliphatic carbocycles. The van der Waals surface area contributed by atoms with Gasteiger partial charge in [-0.3, -0.25) is 0 Å². The Morgan fingerprint density at radius 2 is 1.81 bits per heavy atom. The number of benzene rings is 1. The lowest BCUT2D eigenvalue weighted by Gasteiger charge is -2.32. The molecule has 144 valence electrons. The van der Waals surface area contributed by atoms with Crippen molar-refractivity contribution in [2.45, 2.75) is 51.4 Å². The molecule has 0 aromatic heterocycles. The zero-order valence-corrected chi connectivity index (χ0v) is 14.9. The standard InChI is InChI=1S/C17H21BF4O4/c1-15(2)16(3,4)26-18(25-15)12(10-23)8-11-6-5-7-13(9-11)24-17(21,22)14(19)20/h5-9,14,23H,10H2,1-4H3. The Kier molecular flexibility index (Phi) is 5.75. The summed E-state index contributed by atoms with van der Waals surface area (Å²) in [6.45, 7) is 7.01. The maximum absolute atomic E-state index is 13.0. The Balaban J connectivity index is 2.24. The minimum absolute atomic E-state index is 0.362. The molecule has 0 amide bonds. The normalized spacial score (nSPS) is 19.9. The first-order valence-corrected chi connectivity index (χ1v) is 8.00. The average Bonchev–Trinajstić information content (AvgIpc) is 2.72. The summed E-state index contributed by atoms with van der Waals surface area (Å²) in [6.07, 6.45) is -7.05. The number of alkyl halides is 4. The van der Waals surface area contributed by atoms with Crippen molar-refractivity contribution in [2.75, 3.05) is 6.61 Å². The third-order valence-electron chi connectivity index (χ3n) is 4.46. The minimum atomic E-state index is -4.59. The maximum atomic E-state index is 13.0. The minimum Gasteiger partial charge on any atom is -0.428 e. The van der Waals surface area contributed by atoms with Gasteiger partial charge in [-0.1, -0.05) is 18.2 Å². The molecular weight excluding hydrogens is 355 g/mol. The summed E-state index contributed by atoms with van der Waals surface area (Å²) in [5.74, 6) is -0.421. The summed E-state index contributed by atoms with van der Waals surface area (Å²) in [4.78, 5) is 0. The lowest BCUT2D eigenvalue weighted by atomic mass is 9.77. The zero-order valence-electron chi connectivity index (χ0n) is 14.9. The molecule has 1 saturated heterocycles. The van der Waals surface area contributed by atoms with E-state index in [4.69, 9.17) is 9.31 Å². The third kappa shape index (κ3) is 4.39. The van der Waals surface area contributed by atoms with Crippen LogP contribution in [0.25, 0.3) is 6.08 Å². The molecule has 0 saturated carbocycles. The second-order valence-corrected chi connectivity index (χ2v) is 7.00. The highest BCUT2D eigenvalue weighted by molar-refractivity contribution is 6.55. The van der Waals surface area contributed by atoms with Crippen LogP contribution in [0, 0.1) is 0 Å². The van der Waals surface area contributed by atoms with Gasteiger partial charge in [0, 0.05) is 0 Å². The highest BCUT2D eigenvalue weighted by atomic mass is 19.3. The fourth-order valence-corrected chi connectivity index (χ4v) is 2.27. The van der Waals surface area contributed by atoms with E-state index in [9.17, 15) is 22.7 Å². The van der Waals surface area contributed by atoms with E-state index < -0.39 is 43.2 Å². The Bertz CT molecular complexity index is 660. The van der Waals surface area contributed by atoms with Crippen molar-refractivity contribution in [1.29, 1.82) is 0 Å². The largest absolute Gasteiger partial charge is 0.492 e. The number of hydrogen-bond acceptors (Lipinski definition) is 4. The SMILES string of the molecule is CC1(C)OB(C(=Cc2cccc(OC(F)(F)C(F)F)c2)CO)OC1(C)C. The maximum Gasteiger partial charge on any atom is 0.492 e. The molecule has 0 bridgehead atoms. The molecule has 0 atom stereocenters. The molecule has 1 aliphatic rings. The Morgan fingerprint density at radius 1 is 1.23 bits per heavy atom. The van der Waals surface area contributed by atoms with E-state index >= 15 is 0 Å². The van der Waals surface area contributed by atoms with Crippen molar-refractivity contribution in [1.82, 2.24) is 0 Å². The second-order valence-electron chi connectivity index (χ2n) is 7.00. The van der Waals surface area contributed by atoms with Gasteiger partial charge in [0.15, 0.2) is 0 Å². The zero-order chi connectivity index (χ0) is 19.8. The molecule has 1 N–H and O–H groups in total. The first-order chi connectivity index (χ1) is 11.9. The summed E-state index contributed by atoms with van der Waals surface area (Å²) >= 11 is 0. The number of rotatable bonds is 6. The first-order valence-electron chi connectivity index (χ1n) is 8.00. The molecular formula is C17H21BF4O4. The highest BCUT2D eigenvalue weighted by Crippen LogP contribution is 2.39. The van der Waals surface area contributed by atoms with Gasteiger partial charge in [0.05, 0.1) is 17.8 Å². The molecule has 1 fully saturated rings. The molecule has 26 heavy (non-hydrogen) atoms. The number of aliphatic hydroxyl groups excluding tert-OH is 1. The summed E-state index contributed by atoms with van der Waals surface area (Å²) in [5.41, 5.74) is -0.500. The molecule has 1 aromatic carbocycles. The van der Waals surface area contributed by atoms with Crippen LogP contribution < -0.4 is 4.74 Å². The van der Waals surface area contributed by atoms with Crippen LogP contribution >= 0.6 is 0 Å². The van der Waals surface area contributed by atoms with Gasteiger partial charge in [-0.15, -0.1) is 0 Å². The van der Waals surface area contributed by atoms with Gasteiger partial charge in [0.25, 0.3) is 0 Å². The van der Waals surface area contributed by atoms with Crippen LogP contribution in [-0.4, -0.2) is 42.6 Å². The van der Waals surface area contributed by atoms with Crippen molar-refractivity contribution in [3.8, 4) is 5.75 Å². The fraction of sp³-hybridized carbons (Fsp3) is 0.529. The highest BCUT2D eigenvalue weighted by Gasteiger charge is 2.52. The van der Waals surface area contributed by atoms with E-state index in [0.29, 0.717) is 11.0 Å². The van der Waals surface area contributed by atoms with Crippen LogP contribution in [0.15, 0.2) is 29.7 Å². The number of halogens is 4. The van der Waals surface area contributed by atoms with Crippen LogP contribution in [0.4, 0.5) is 17.6 Å². The lowest BCUT2D eigenvalue weighted by Crippen LogP contribution is -2.41. The van der Waals surface area contributed by atoms with E-state index in [-0.39, 0.29) is 0 Å². The second kappa shape index (κ2) is 7.21. The van der Waals surface area contributed by atoms with E-state index in [0.717, 1.165) is 12.1 Å². The quantitative estimate of drug-likeness (QED) is 0.604. The van der Waals surface area contributed by atoms with E-state index in [1.54, 1.807) is 6.07 Å². The molecule has 1 aromatic rings. The number of hydrogen-bond donors (Lipinski definition) is 1. The monoisotopic (exact) mass is 376 g/mol. The lowest BCUT2D eigenvalue weighted by molar-refractivity contribution is -0.253. The van der Waals surface area contributed by atoms with Gasteiger partial charge in [-0.05, 0) is 50.9 Å². The van der Waals surface area contributed by atoms with Crippen LogP contribution in [0.1, 0.15) is 33.3 Å². The average molecular weight is 376 g/mol. The van der Waals surface area contributed by atoms with Crippen molar-refractivity contribution >= 4 is 13.2 Å². The third-order valence-corrected chi connectivity index (χ3v) is 4.46. The molecule has 9 heteroatoms. The van der Waals surface area contributed by atoms with Crippen LogP contribution in [0.2, 0.25) is 0 Å². The van der Waals surface area contributed by atoms with Gasteiger partial charge in [0.1, 0.15) is 5.75 Å². The Morgan fingerprint density at radius 3 is 2.31 bits per heavy atom.